The van der Waals surface area contributed by atoms with Gasteiger partial charge in [0.2, 0.25) is 5.95 Å². The molecule has 0 radical (unpaired) electrons. The summed E-state index contributed by atoms with van der Waals surface area (Å²) in [5, 5.41) is 7.53. The first-order valence-corrected chi connectivity index (χ1v) is 13.6. The Morgan fingerprint density at radius 1 is 1.03 bits per heavy atom. The number of carbonyl (C=O) groups excluding carboxylic acids is 1. The van der Waals surface area contributed by atoms with Crippen molar-refractivity contribution in [1.29, 1.82) is 0 Å². The van der Waals surface area contributed by atoms with Crippen LogP contribution in [-0.2, 0) is 4.74 Å². The Morgan fingerprint density at radius 2 is 1.81 bits per heavy atom. The standard InChI is InChI=1S/C27H33N5O3.C2H6/c33-26(29-21-11-16-34-17-12-21)20-7-6-8-22(19-20)35-18-13-28-25-23-9-2-3-10-24(23)30-27(31-25)32-14-4-1-5-15-32;1-2/h2-3,6-10,19,21H,1,4-5,11-18H2,(H,29,33)(H,28,30,31);1-2H3. The Hall–Kier alpha value is -3.39. The van der Waals surface area contributed by atoms with Crippen LogP contribution >= 0.6 is 0 Å². The lowest BCUT2D eigenvalue weighted by atomic mass is 10.1. The minimum absolute atomic E-state index is 0.0711. The number of carbonyl (C=O) groups is 1. The third-order valence-corrected chi connectivity index (χ3v) is 6.55. The van der Waals surface area contributed by atoms with Crippen LogP contribution < -0.4 is 20.3 Å². The van der Waals surface area contributed by atoms with Gasteiger partial charge in [0.1, 0.15) is 18.2 Å². The molecule has 0 spiro atoms. The summed E-state index contributed by atoms with van der Waals surface area (Å²) in [4.78, 5) is 24.6. The summed E-state index contributed by atoms with van der Waals surface area (Å²) in [7, 11) is 0. The number of piperidine rings is 1. The molecule has 8 nitrogen and oxygen atoms in total. The van der Waals surface area contributed by atoms with Crippen LogP contribution in [0.25, 0.3) is 10.9 Å². The van der Waals surface area contributed by atoms with Gasteiger partial charge < -0.3 is 25.0 Å². The Kier molecular flexibility index (Phi) is 9.94. The van der Waals surface area contributed by atoms with Gasteiger partial charge in [-0.1, -0.05) is 32.0 Å². The molecule has 0 aliphatic carbocycles. The molecule has 0 unspecified atom stereocenters. The van der Waals surface area contributed by atoms with E-state index in [0.29, 0.717) is 37.7 Å². The quantitative estimate of drug-likeness (QED) is 0.414. The minimum Gasteiger partial charge on any atom is -0.492 e. The molecule has 8 heteroatoms. The number of fused-ring (bicyclic) bond motifs is 1. The zero-order valence-electron chi connectivity index (χ0n) is 22.0. The largest absolute Gasteiger partial charge is 0.492 e. The fourth-order valence-corrected chi connectivity index (χ4v) is 4.61. The Labute approximate surface area is 219 Å². The zero-order valence-corrected chi connectivity index (χ0v) is 22.0. The van der Waals surface area contributed by atoms with Crippen molar-refractivity contribution in [2.24, 2.45) is 0 Å². The summed E-state index contributed by atoms with van der Waals surface area (Å²) in [6.07, 6.45) is 5.33. The summed E-state index contributed by atoms with van der Waals surface area (Å²) < 4.78 is 11.3. The van der Waals surface area contributed by atoms with Crippen molar-refractivity contribution < 1.29 is 14.3 Å². The lowest BCUT2D eigenvalue weighted by Crippen LogP contribution is -2.38. The van der Waals surface area contributed by atoms with Gasteiger partial charge in [-0.2, -0.15) is 4.98 Å². The van der Waals surface area contributed by atoms with Crippen molar-refractivity contribution in [3.63, 3.8) is 0 Å². The van der Waals surface area contributed by atoms with Gasteiger partial charge in [0.15, 0.2) is 0 Å². The fraction of sp³-hybridized carbons (Fsp3) is 0.483. The number of aromatic nitrogens is 2. The van der Waals surface area contributed by atoms with E-state index >= 15 is 0 Å². The van der Waals surface area contributed by atoms with Gasteiger partial charge >= 0.3 is 0 Å². The molecule has 0 bridgehead atoms. The molecule has 0 saturated carbocycles. The number of nitrogens with zero attached hydrogens (tertiary/aromatic N) is 3. The van der Waals surface area contributed by atoms with Crippen LogP contribution in [0.4, 0.5) is 11.8 Å². The maximum atomic E-state index is 12.6. The average molecular weight is 506 g/mol. The molecule has 2 aliphatic heterocycles. The van der Waals surface area contributed by atoms with Crippen molar-refractivity contribution in [2.75, 3.05) is 49.7 Å². The molecule has 3 heterocycles. The van der Waals surface area contributed by atoms with Gasteiger partial charge in [-0.3, -0.25) is 4.79 Å². The van der Waals surface area contributed by atoms with E-state index in [0.717, 1.165) is 48.6 Å². The second-order valence-electron chi connectivity index (χ2n) is 9.10. The number of ether oxygens (including phenoxy) is 2. The third-order valence-electron chi connectivity index (χ3n) is 6.55. The third kappa shape index (κ3) is 7.32. The number of anilines is 2. The van der Waals surface area contributed by atoms with E-state index in [-0.39, 0.29) is 11.9 Å². The lowest BCUT2D eigenvalue weighted by molar-refractivity contribution is 0.0696. The van der Waals surface area contributed by atoms with Crippen LogP contribution in [0, 0.1) is 0 Å². The minimum atomic E-state index is -0.0711. The van der Waals surface area contributed by atoms with Crippen molar-refractivity contribution in [3.05, 3.63) is 54.1 Å². The topological polar surface area (TPSA) is 88.6 Å². The molecule has 198 valence electrons. The summed E-state index contributed by atoms with van der Waals surface area (Å²) in [6, 6.07) is 15.6. The van der Waals surface area contributed by atoms with E-state index < -0.39 is 0 Å². The first kappa shape index (κ1) is 26.7. The van der Waals surface area contributed by atoms with Crippen LogP contribution in [-0.4, -0.2) is 61.4 Å². The molecule has 1 aromatic heterocycles. The van der Waals surface area contributed by atoms with Crippen molar-refractivity contribution >= 4 is 28.6 Å². The molecule has 37 heavy (non-hydrogen) atoms. The molecule has 1 amide bonds. The number of rotatable bonds is 8. The highest BCUT2D eigenvalue weighted by atomic mass is 16.5. The maximum absolute atomic E-state index is 12.6. The molecule has 2 fully saturated rings. The highest BCUT2D eigenvalue weighted by molar-refractivity contribution is 5.94. The first-order chi connectivity index (χ1) is 18.3. The summed E-state index contributed by atoms with van der Waals surface area (Å²) in [5.74, 6) is 2.21. The van der Waals surface area contributed by atoms with Gasteiger partial charge in [0.25, 0.3) is 5.91 Å². The van der Waals surface area contributed by atoms with E-state index in [4.69, 9.17) is 19.4 Å². The number of para-hydroxylation sites is 1. The average Bonchev–Trinajstić information content (AvgIpc) is 2.97. The smallest absolute Gasteiger partial charge is 0.251 e. The fourth-order valence-electron chi connectivity index (χ4n) is 4.61. The predicted octanol–water partition coefficient (Wildman–Crippen LogP) is 5.05. The van der Waals surface area contributed by atoms with Crippen LogP contribution in [0.3, 0.4) is 0 Å². The van der Waals surface area contributed by atoms with Gasteiger partial charge in [-0.15, -0.1) is 0 Å². The molecular weight excluding hydrogens is 466 g/mol. The molecule has 5 rings (SSSR count). The molecule has 2 aromatic carbocycles. The Morgan fingerprint density at radius 3 is 2.62 bits per heavy atom. The summed E-state index contributed by atoms with van der Waals surface area (Å²) in [5.41, 5.74) is 1.55. The van der Waals surface area contributed by atoms with Gasteiger partial charge in [0, 0.05) is 43.3 Å². The van der Waals surface area contributed by atoms with Gasteiger partial charge in [0.05, 0.1) is 12.1 Å². The number of nitrogens with one attached hydrogen (secondary N) is 2. The van der Waals surface area contributed by atoms with Crippen molar-refractivity contribution in [2.45, 2.75) is 52.0 Å². The zero-order chi connectivity index (χ0) is 25.9. The van der Waals surface area contributed by atoms with Crippen LogP contribution in [0.1, 0.15) is 56.3 Å². The van der Waals surface area contributed by atoms with Crippen LogP contribution in [0.15, 0.2) is 48.5 Å². The SMILES string of the molecule is CC.O=C(NC1CCOCC1)c1cccc(OCCNc2nc(N3CCCCC3)nc3ccccc23)c1. The van der Waals surface area contributed by atoms with E-state index in [2.05, 4.69) is 15.5 Å². The van der Waals surface area contributed by atoms with Crippen LogP contribution in [0.2, 0.25) is 0 Å². The Bertz CT molecular complexity index is 1140. The number of benzene rings is 2. The number of amides is 1. The van der Waals surface area contributed by atoms with E-state index in [1.165, 1.54) is 19.3 Å². The molecule has 3 aromatic rings. The predicted molar refractivity (Wildman–Crippen MR) is 149 cm³/mol. The second kappa shape index (κ2) is 13.8. The lowest BCUT2D eigenvalue weighted by Gasteiger charge is -2.27. The monoisotopic (exact) mass is 505 g/mol. The van der Waals surface area contributed by atoms with E-state index in [1.54, 1.807) is 6.07 Å². The molecule has 2 saturated heterocycles. The molecule has 2 N–H and O–H groups in total. The number of hydrogen-bond donors (Lipinski definition) is 2. The molecule has 2 aliphatic rings. The van der Waals surface area contributed by atoms with Crippen LogP contribution in [0.5, 0.6) is 5.75 Å². The molecule has 0 atom stereocenters. The van der Waals surface area contributed by atoms with Crippen molar-refractivity contribution in [1.82, 2.24) is 15.3 Å². The highest BCUT2D eigenvalue weighted by Crippen LogP contribution is 2.25. The Balaban J connectivity index is 0.00000156. The summed E-state index contributed by atoms with van der Waals surface area (Å²) >= 11 is 0. The normalized spacial score (nSPS) is 16.0. The highest BCUT2D eigenvalue weighted by Gasteiger charge is 2.18. The van der Waals surface area contributed by atoms with E-state index in [1.807, 2.05) is 56.3 Å². The van der Waals surface area contributed by atoms with Gasteiger partial charge in [-0.25, -0.2) is 4.98 Å². The van der Waals surface area contributed by atoms with Gasteiger partial charge in [-0.05, 0) is 62.4 Å². The molecular formula is C29H39N5O3. The maximum Gasteiger partial charge on any atom is 0.251 e. The van der Waals surface area contributed by atoms with E-state index in [9.17, 15) is 4.79 Å². The summed E-state index contributed by atoms with van der Waals surface area (Å²) in [6.45, 7) is 8.42. The van der Waals surface area contributed by atoms with Crippen molar-refractivity contribution in [3.8, 4) is 5.75 Å². The second-order valence-corrected chi connectivity index (χ2v) is 9.10. The first-order valence-electron chi connectivity index (χ1n) is 13.6. The number of hydrogen-bond acceptors (Lipinski definition) is 7.